The lowest BCUT2D eigenvalue weighted by Gasteiger charge is -2.17. The van der Waals surface area contributed by atoms with Gasteiger partial charge in [0.25, 0.3) is 5.91 Å². The van der Waals surface area contributed by atoms with Crippen LogP contribution in [0.3, 0.4) is 0 Å². The van der Waals surface area contributed by atoms with Crippen LogP contribution in [0.4, 0.5) is 5.69 Å². The SMILES string of the molecule is CCOc1ccc(C[NH+](C)CC(=O)Nc2c(C)cc(C)cc2Cl)cc1OC. The first-order valence-corrected chi connectivity index (χ1v) is 9.39. The number of amides is 1. The van der Waals surface area contributed by atoms with Crippen LogP contribution in [-0.4, -0.2) is 33.2 Å². The van der Waals surface area contributed by atoms with Crippen LogP contribution in [0.15, 0.2) is 30.3 Å². The van der Waals surface area contributed by atoms with Crippen molar-refractivity contribution in [2.45, 2.75) is 27.3 Å². The molecule has 0 fully saturated rings. The number of nitrogens with one attached hydrogen (secondary N) is 2. The van der Waals surface area contributed by atoms with Crippen LogP contribution < -0.4 is 19.7 Å². The van der Waals surface area contributed by atoms with E-state index >= 15 is 0 Å². The minimum absolute atomic E-state index is 0.0701. The van der Waals surface area contributed by atoms with Gasteiger partial charge in [0, 0.05) is 5.56 Å². The monoisotopic (exact) mass is 391 g/mol. The van der Waals surface area contributed by atoms with Gasteiger partial charge in [0.1, 0.15) is 6.54 Å². The number of hydrogen-bond donors (Lipinski definition) is 2. The molecule has 2 aromatic rings. The summed E-state index contributed by atoms with van der Waals surface area (Å²) in [5.41, 5.74) is 3.79. The van der Waals surface area contributed by atoms with E-state index in [9.17, 15) is 4.79 Å². The molecule has 0 saturated carbocycles. The summed E-state index contributed by atoms with van der Waals surface area (Å²) in [6.45, 7) is 7.47. The standard InChI is InChI=1S/C21H27ClN2O3/c1-6-27-18-8-7-16(11-19(18)26-5)12-24(4)13-20(25)23-21-15(3)9-14(2)10-17(21)22/h7-11H,6,12-13H2,1-5H3,(H,23,25)/p+1. The summed E-state index contributed by atoms with van der Waals surface area (Å²) in [4.78, 5) is 13.5. The fourth-order valence-electron chi connectivity index (χ4n) is 3.04. The van der Waals surface area contributed by atoms with Crippen molar-refractivity contribution < 1.29 is 19.2 Å². The third-order valence-electron chi connectivity index (χ3n) is 4.19. The Balaban J connectivity index is 1.99. The third-order valence-corrected chi connectivity index (χ3v) is 4.49. The number of methoxy groups -OCH3 is 1. The molecule has 1 unspecified atom stereocenters. The molecule has 0 aliphatic rings. The zero-order valence-corrected chi connectivity index (χ0v) is 17.4. The van der Waals surface area contributed by atoms with Crippen molar-refractivity contribution in [1.29, 1.82) is 0 Å². The van der Waals surface area contributed by atoms with Crippen LogP contribution in [0.5, 0.6) is 11.5 Å². The zero-order chi connectivity index (χ0) is 20.0. The number of anilines is 1. The molecule has 1 amide bonds. The van der Waals surface area contributed by atoms with Crippen LogP contribution in [-0.2, 0) is 11.3 Å². The molecular weight excluding hydrogens is 364 g/mol. The average molecular weight is 392 g/mol. The second-order valence-corrected chi connectivity index (χ2v) is 7.12. The Morgan fingerprint density at radius 3 is 2.56 bits per heavy atom. The summed E-state index contributed by atoms with van der Waals surface area (Å²) in [5.74, 6) is 1.36. The molecule has 27 heavy (non-hydrogen) atoms. The Hall–Kier alpha value is -2.24. The minimum atomic E-state index is -0.0701. The van der Waals surface area contributed by atoms with E-state index in [1.54, 1.807) is 7.11 Å². The summed E-state index contributed by atoms with van der Waals surface area (Å²) in [5, 5.41) is 3.50. The maximum Gasteiger partial charge on any atom is 0.279 e. The molecule has 0 saturated heterocycles. The Labute approximate surface area is 166 Å². The molecule has 146 valence electrons. The van der Waals surface area contributed by atoms with E-state index in [1.807, 2.05) is 58.2 Å². The smallest absolute Gasteiger partial charge is 0.279 e. The summed E-state index contributed by atoms with van der Waals surface area (Å²) >= 11 is 6.27. The maximum atomic E-state index is 12.4. The highest BCUT2D eigenvalue weighted by Crippen LogP contribution is 2.28. The number of carbonyl (C=O) groups excluding carboxylic acids is 1. The number of ether oxygens (including phenoxy) is 2. The summed E-state index contributed by atoms with van der Waals surface area (Å²) in [6, 6.07) is 9.71. The highest BCUT2D eigenvalue weighted by Gasteiger charge is 2.15. The maximum absolute atomic E-state index is 12.4. The van der Waals surface area contributed by atoms with E-state index < -0.39 is 0 Å². The Kier molecular flexibility index (Phi) is 7.51. The van der Waals surface area contributed by atoms with Gasteiger partial charge in [-0.05, 0) is 56.2 Å². The molecule has 0 heterocycles. The Morgan fingerprint density at radius 1 is 1.19 bits per heavy atom. The molecule has 1 atom stereocenters. The van der Waals surface area contributed by atoms with Gasteiger partial charge in [0.05, 0.1) is 31.5 Å². The number of likely N-dealkylation sites (N-methyl/N-ethyl adjacent to an activating group) is 1. The first-order chi connectivity index (χ1) is 12.8. The van der Waals surface area contributed by atoms with Crippen molar-refractivity contribution in [2.24, 2.45) is 0 Å². The van der Waals surface area contributed by atoms with Gasteiger partial charge in [0.15, 0.2) is 18.0 Å². The number of halogens is 1. The van der Waals surface area contributed by atoms with Crippen molar-refractivity contribution in [3.05, 3.63) is 52.0 Å². The van der Waals surface area contributed by atoms with Crippen molar-refractivity contribution in [3.8, 4) is 11.5 Å². The van der Waals surface area contributed by atoms with Gasteiger partial charge in [-0.1, -0.05) is 17.7 Å². The number of hydrogen-bond acceptors (Lipinski definition) is 3. The van der Waals surface area contributed by atoms with E-state index in [0.29, 0.717) is 36.2 Å². The van der Waals surface area contributed by atoms with E-state index in [0.717, 1.165) is 27.3 Å². The van der Waals surface area contributed by atoms with Crippen LogP contribution in [0, 0.1) is 13.8 Å². The van der Waals surface area contributed by atoms with Gasteiger partial charge in [-0.2, -0.15) is 0 Å². The predicted molar refractivity (Wildman–Crippen MR) is 109 cm³/mol. The van der Waals surface area contributed by atoms with Crippen LogP contribution in [0.2, 0.25) is 5.02 Å². The van der Waals surface area contributed by atoms with Crippen molar-refractivity contribution in [1.82, 2.24) is 0 Å². The number of carbonyl (C=O) groups is 1. The Bertz CT molecular complexity index is 785. The molecule has 0 aromatic heterocycles. The molecule has 2 aromatic carbocycles. The first kappa shape index (κ1) is 21.1. The van der Waals surface area contributed by atoms with Crippen LogP contribution in [0.1, 0.15) is 23.6 Å². The van der Waals surface area contributed by atoms with Crippen molar-refractivity contribution in [3.63, 3.8) is 0 Å². The van der Waals surface area contributed by atoms with Crippen LogP contribution in [0.25, 0.3) is 0 Å². The quantitative estimate of drug-likeness (QED) is 0.727. The molecule has 0 aliphatic heterocycles. The van der Waals surface area contributed by atoms with Gasteiger partial charge >= 0.3 is 0 Å². The fourth-order valence-corrected chi connectivity index (χ4v) is 3.41. The Morgan fingerprint density at radius 2 is 1.93 bits per heavy atom. The lowest BCUT2D eigenvalue weighted by molar-refractivity contribution is -0.885. The van der Waals surface area contributed by atoms with Gasteiger partial charge in [-0.25, -0.2) is 0 Å². The molecule has 6 heteroatoms. The summed E-state index contributed by atoms with van der Waals surface area (Å²) < 4.78 is 10.9. The second kappa shape index (κ2) is 9.62. The number of rotatable bonds is 8. The average Bonchev–Trinajstić information content (AvgIpc) is 2.59. The lowest BCUT2D eigenvalue weighted by Crippen LogP contribution is -3.08. The summed E-state index contributed by atoms with van der Waals surface area (Å²) in [7, 11) is 3.60. The molecule has 0 aliphatic carbocycles. The topological polar surface area (TPSA) is 52.0 Å². The van der Waals surface area contributed by atoms with Crippen molar-refractivity contribution in [2.75, 3.05) is 32.6 Å². The van der Waals surface area contributed by atoms with E-state index in [2.05, 4.69) is 5.32 Å². The minimum Gasteiger partial charge on any atom is -0.493 e. The van der Waals surface area contributed by atoms with Gasteiger partial charge in [-0.15, -0.1) is 0 Å². The highest BCUT2D eigenvalue weighted by molar-refractivity contribution is 6.34. The molecule has 2 rings (SSSR count). The molecular formula is C21H28ClN2O3+. The van der Waals surface area contributed by atoms with Gasteiger partial charge < -0.3 is 19.7 Å². The third kappa shape index (κ3) is 5.88. The lowest BCUT2D eigenvalue weighted by atomic mass is 10.1. The molecule has 0 bridgehead atoms. The molecule has 0 radical (unpaired) electrons. The largest absolute Gasteiger partial charge is 0.493 e. The number of aryl methyl sites for hydroxylation is 2. The normalized spacial score (nSPS) is 11.8. The fraction of sp³-hybridized carbons (Fsp3) is 0.381. The predicted octanol–water partition coefficient (Wildman–Crippen LogP) is 3.02. The number of benzene rings is 2. The second-order valence-electron chi connectivity index (χ2n) is 6.72. The first-order valence-electron chi connectivity index (χ1n) is 9.01. The van der Waals surface area contributed by atoms with E-state index in [4.69, 9.17) is 21.1 Å². The molecule has 2 N–H and O–H groups in total. The zero-order valence-electron chi connectivity index (χ0n) is 16.6. The summed E-state index contributed by atoms with van der Waals surface area (Å²) in [6.07, 6.45) is 0. The van der Waals surface area contributed by atoms with E-state index in [-0.39, 0.29) is 5.91 Å². The van der Waals surface area contributed by atoms with E-state index in [1.165, 1.54) is 0 Å². The highest BCUT2D eigenvalue weighted by atomic mass is 35.5. The van der Waals surface area contributed by atoms with Crippen molar-refractivity contribution >= 4 is 23.2 Å². The number of quaternary nitrogens is 1. The van der Waals surface area contributed by atoms with Gasteiger partial charge in [-0.3, -0.25) is 4.79 Å². The molecule has 0 spiro atoms. The molecule has 5 nitrogen and oxygen atoms in total. The van der Waals surface area contributed by atoms with Gasteiger partial charge in [0.2, 0.25) is 0 Å². The van der Waals surface area contributed by atoms with Crippen LogP contribution >= 0.6 is 11.6 Å².